The van der Waals surface area contributed by atoms with E-state index in [0.29, 0.717) is 6.42 Å². The minimum absolute atomic E-state index is 0. The van der Waals surface area contributed by atoms with Gasteiger partial charge in [0.1, 0.15) is 5.76 Å². The van der Waals surface area contributed by atoms with E-state index in [1.165, 1.54) is 0 Å². The lowest BCUT2D eigenvalue weighted by molar-refractivity contribution is 0.369. The normalized spacial score (nSPS) is 18.2. The fraction of sp³-hybridized carbons (Fsp3) is 0.267. The van der Waals surface area contributed by atoms with Gasteiger partial charge in [0.2, 0.25) is 5.96 Å². The van der Waals surface area contributed by atoms with E-state index in [0.717, 1.165) is 39.7 Å². The van der Waals surface area contributed by atoms with Gasteiger partial charge in [0.15, 0.2) is 0 Å². The Kier molecular flexibility index (Phi) is 5.28. The summed E-state index contributed by atoms with van der Waals surface area (Å²) < 4.78 is 5.43. The van der Waals surface area contributed by atoms with Crippen LogP contribution in [-0.2, 0) is 6.42 Å². The molecule has 1 aliphatic rings. The topological polar surface area (TPSA) is 103 Å². The number of rotatable bonds is 2. The van der Waals surface area contributed by atoms with Crippen molar-refractivity contribution in [2.75, 3.05) is 0 Å². The second kappa shape index (κ2) is 7.02. The largest absolute Gasteiger partial charge is 0.369 e. The molecule has 0 fully saturated rings. The van der Waals surface area contributed by atoms with Crippen LogP contribution in [0.1, 0.15) is 34.9 Å². The van der Waals surface area contributed by atoms with Crippen molar-refractivity contribution in [3.05, 3.63) is 51.9 Å². The summed E-state index contributed by atoms with van der Waals surface area (Å²) in [5.41, 5.74) is 14.3. The van der Waals surface area contributed by atoms with E-state index in [-0.39, 0.29) is 24.3 Å². The van der Waals surface area contributed by atoms with E-state index in [4.69, 9.17) is 27.6 Å². The molecule has 0 spiro atoms. The SMILES string of the molecule is Cc1noc2c1C(=NN=C(N)N)CC(c1ccccc1Cl)C2.Cl. The quantitative estimate of drug-likeness (QED) is 0.492. The molecular formula is C15H17Cl2N5O. The highest BCUT2D eigenvalue weighted by atomic mass is 35.5. The van der Waals surface area contributed by atoms with Gasteiger partial charge in [-0.25, -0.2) is 0 Å². The van der Waals surface area contributed by atoms with Crippen molar-refractivity contribution >= 4 is 35.7 Å². The lowest BCUT2D eigenvalue weighted by Crippen LogP contribution is -2.23. The molecule has 6 nitrogen and oxygen atoms in total. The predicted octanol–water partition coefficient (Wildman–Crippen LogP) is 2.77. The van der Waals surface area contributed by atoms with Gasteiger partial charge in [0, 0.05) is 11.4 Å². The van der Waals surface area contributed by atoms with Gasteiger partial charge in [-0.2, -0.15) is 5.10 Å². The molecule has 1 unspecified atom stereocenters. The highest BCUT2D eigenvalue weighted by molar-refractivity contribution is 6.31. The smallest absolute Gasteiger partial charge is 0.211 e. The first-order chi connectivity index (χ1) is 10.6. The second-order valence-electron chi connectivity index (χ2n) is 5.26. The van der Waals surface area contributed by atoms with Crippen LogP contribution in [0, 0.1) is 6.92 Å². The Morgan fingerprint density at radius 3 is 2.74 bits per heavy atom. The summed E-state index contributed by atoms with van der Waals surface area (Å²) in [6, 6.07) is 7.77. The summed E-state index contributed by atoms with van der Waals surface area (Å²) in [5, 5.41) is 12.7. The molecule has 1 atom stereocenters. The van der Waals surface area contributed by atoms with Crippen molar-refractivity contribution in [1.29, 1.82) is 0 Å². The first-order valence-electron chi connectivity index (χ1n) is 6.91. The highest BCUT2D eigenvalue weighted by Gasteiger charge is 2.31. The molecule has 0 saturated heterocycles. The molecule has 1 aromatic carbocycles. The Bertz CT molecular complexity index is 765. The van der Waals surface area contributed by atoms with E-state index in [1.54, 1.807) is 0 Å². The molecule has 8 heteroatoms. The number of fused-ring (bicyclic) bond motifs is 1. The van der Waals surface area contributed by atoms with Crippen molar-refractivity contribution in [2.24, 2.45) is 21.7 Å². The van der Waals surface area contributed by atoms with Crippen LogP contribution in [0.15, 0.2) is 39.0 Å². The van der Waals surface area contributed by atoms with Crippen LogP contribution in [0.25, 0.3) is 0 Å². The standard InChI is InChI=1S/C15H16ClN5O.ClH/c1-8-14-12(19-20-15(17)18)6-9(7-13(14)22-21-8)10-4-2-3-5-11(10)16;/h2-5,9H,6-7H2,1H3,(H4,17,18,20);1H. The molecule has 4 N–H and O–H groups in total. The molecular weight excluding hydrogens is 337 g/mol. The fourth-order valence-corrected chi connectivity index (χ4v) is 3.08. The number of nitrogens with two attached hydrogens (primary N) is 2. The second-order valence-corrected chi connectivity index (χ2v) is 5.67. The van der Waals surface area contributed by atoms with Gasteiger partial charge in [-0.3, -0.25) is 0 Å². The predicted molar refractivity (Wildman–Crippen MR) is 93.3 cm³/mol. The molecule has 1 aromatic heterocycles. The van der Waals surface area contributed by atoms with E-state index in [1.807, 2.05) is 31.2 Å². The molecule has 0 saturated carbocycles. The van der Waals surface area contributed by atoms with Gasteiger partial charge in [-0.1, -0.05) is 35.0 Å². The minimum Gasteiger partial charge on any atom is -0.369 e. The first kappa shape index (κ1) is 17.3. The molecule has 1 heterocycles. The molecule has 122 valence electrons. The third-order valence-corrected chi connectivity index (χ3v) is 4.07. The van der Waals surface area contributed by atoms with Crippen molar-refractivity contribution in [2.45, 2.75) is 25.7 Å². The van der Waals surface area contributed by atoms with Gasteiger partial charge in [0.25, 0.3) is 0 Å². The maximum absolute atomic E-state index is 6.31. The Balaban J connectivity index is 0.00000192. The van der Waals surface area contributed by atoms with Crippen LogP contribution in [0.4, 0.5) is 0 Å². The van der Waals surface area contributed by atoms with Crippen LogP contribution in [0.5, 0.6) is 0 Å². The molecule has 3 rings (SSSR count). The Labute approximate surface area is 145 Å². The number of hydrogen-bond acceptors (Lipinski definition) is 4. The number of guanidine groups is 1. The van der Waals surface area contributed by atoms with Crippen LogP contribution < -0.4 is 11.5 Å². The van der Waals surface area contributed by atoms with E-state index in [9.17, 15) is 0 Å². The molecule has 0 radical (unpaired) electrons. The maximum Gasteiger partial charge on any atom is 0.211 e. The molecule has 0 aliphatic heterocycles. The summed E-state index contributed by atoms with van der Waals surface area (Å²) in [7, 11) is 0. The zero-order valence-electron chi connectivity index (χ0n) is 12.5. The van der Waals surface area contributed by atoms with Crippen molar-refractivity contribution < 1.29 is 4.52 Å². The lowest BCUT2D eigenvalue weighted by atomic mass is 9.81. The van der Waals surface area contributed by atoms with Crippen LogP contribution in [0.3, 0.4) is 0 Å². The molecule has 0 bridgehead atoms. The average molecular weight is 354 g/mol. The van der Waals surface area contributed by atoms with Crippen molar-refractivity contribution in [1.82, 2.24) is 5.16 Å². The zero-order chi connectivity index (χ0) is 15.7. The maximum atomic E-state index is 6.31. The van der Waals surface area contributed by atoms with Crippen LogP contribution >= 0.6 is 24.0 Å². The summed E-state index contributed by atoms with van der Waals surface area (Å²) in [5.74, 6) is 0.864. The third kappa shape index (κ3) is 3.48. The van der Waals surface area contributed by atoms with E-state index < -0.39 is 0 Å². The number of aromatic nitrogens is 1. The van der Waals surface area contributed by atoms with Gasteiger partial charge < -0.3 is 16.0 Å². The van der Waals surface area contributed by atoms with Gasteiger partial charge in [-0.15, -0.1) is 17.5 Å². The summed E-state index contributed by atoms with van der Waals surface area (Å²) in [4.78, 5) is 0. The molecule has 2 aromatic rings. The van der Waals surface area contributed by atoms with Crippen LogP contribution in [0.2, 0.25) is 5.02 Å². The van der Waals surface area contributed by atoms with E-state index >= 15 is 0 Å². The Morgan fingerprint density at radius 2 is 2.04 bits per heavy atom. The number of hydrogen-bond donors (Lipinski definition) is 2. The van der Waals surface area contributed by atoms with E-state index in [2.05, 4.69) is 15.4 Å². The van der Waals surface area contributed by atoms with Gasteiger partial charge >= 0.3 is 0 Å². The molecule has 1 aliphatic carbocycles. The monoisotopic (exact) mass is 353 g/mol. The Hall–Kier alpha value is -2.05. The van der Waals surface area contributed by atoms with Crippen molar-refractivity contribution in [3.63, 3.8) is 0 Å². The zero-order valence-corrected chi connectivity index (χ0v) is 14.1. The number of benzene rings is 1. The van der Waals surface area contributed by atoms with Gasteiger partial charge in [-0.05, 0) is 30.9 Å². The first-order valence-corrected chi connectivity index (χ1v) is 7.29. The summed E-state index contributed by atoms with van der Waals surface area (Å²) in [6.45, 7) is 1.88. The lowest BCUT2D eigenvalue weighted by Gasteiger charge is -2.23. The minimum atomic E-state index is -0.0805. The fourth-order valence-electron chi connectivity index (χ4n) is 2.79. The average Bonchev–Trinajstić information content (AvgIpc) is 2.87. The molecule has 0 amide bonds. The third-order valence-electron chi connectivity index (χ3n) is 3.72. The number of aryl methyl sites for hydroxylation is 1. The van der Waals surface area contributed by atoms with Crippen LogP contribution in [-0.4, -0.2) is 16.8 Å². The highest BCUT2D eigenvalue weighted by Crippen LogP contribution is 2.37. The summed E-state index contributed by atoms with van der Waals surface area (Å²) >= 11 is 6.31. The summed E-state index contributed by atoms with van der Waals surface area (Å²) in [6.07, 6.45) is 1.40. The Morgan fingerprint density at radius 1 is 1.30 bits per heavy atom. The number of nitrogens with zero attached hydrogens (tertiary/aromatic N) is 3. The molecule has 23 heavy (non-hydrogen) atoms. The van der Waals surface area contributed by atoms with Gasteiger partial charge in [0.05, 0.1) is 17.0 Å². The number of halogens is 2. The van der Waals surface area contributed by atoms with Crippen molar-refractivity contribution in [3.8, 4) is 0 Å².